The molecule has 0 aromatic rings. The Hall–Kier alpha value is -0.640. The van der Waals surface area contributed by atoms with Gasteiger partial charge in [-0.1, -0.05) is 89.5 Å². The Morgan fingerprint density at radius 2 is 1.52 bits per heavy atom. The lowest BCUT2D eigenvalue weighted by molar-refractivity contribution is 0.189. The standard InChI is InChI=1S/C28H55N3/c1-4-6-7-8-9-10-11-12-13-14-15-16-17-18-19-20-22-27(21-5-2)30-26-28-25-29-23-24-31(28)3/h9-10,12-13,27-30H,4-8,11,14-26H2,1-3H3/b10-9-,13-12-. The van der Waals surface area contributed by atoms with E-state index in [-0.39, 0.29) is 0 Å². The molecule has 1 rings (SSSR count). The van der Waals surface area contributed by atoms with Crippen LogP contribution in [0.4, 0.5) is 0 Å². The molecule has 1 fully saturated rings. The number of hydrogen-bond acceptors (Lipinski definition) is 3. The van der Waals surface area contributed by atoms with Gasteiger partial charge in [-0.3, -0.25) is 4.90 Å². The molecule has 0 bridgehead atoms. The molecular weight excluding hydrogens is 378 g/mol. The summed E-state index contributed by atoms with van der Waals surface area (Å²) in [7, 11) is 2.27. The van der Waals surface area contributed by atoms with E-state index in [1.54, 1.807) is 0 Å². The van der Waals surface area contributed by atoms with Crippen LogP contribution >= 0.6 is 0 Å². The van der Waals surface area contributed by atoms with Crippen LogP contribution in [0.3, 0.4) is 0 Å². The van der Waals surface area contributed by atoms with E-state index in [9.17, 15) is 0 Å². The van der Waals surface area contributed by atoms with E-state index >= 15 is 0 Å². The molecule has 0 saturated carbocycles. The molecule has 182 valence electrons. The number of rotatable bonds is 20. The summed E-state index contributed by atoms with van der Waals surface area (Å²) < 4.78 is 0. The van der Waals surface area contributed by atoms with Gasteiger partial charge in [-0.05, 0) is 52.0 Å². The van der Waals surface area contributed by atoms with Gasteiger partial charge in [0.2, 0.25) is 0 Å². The van der Waals surface area contributed by atoms with Gasteiger partial charge >= 0.3 is 0 Å². The lowest BCUT2D eigenvalue weighted by Crippen LogP contribution is -2.54. The summed E-state index contributed by atoms with van der Waals surface area (Å²) in [5.74, 6) is 0. The Labute approximate surface area is 195 Å². The maximum atomic E-state index is 3.88. The molecule has 1 aliphatic heterocycles. The number of nitrogens with zero attached hydrogens (tertiary/aromatic N) is 1. The van der Waals surface area contributed by atoms with E-state index in [2.05, 4.69) is 60.7 Å². The van der Waals surface area contributed by atoms with Crippen LogP contribution in [0.25, 0.3) is 0 Å². The van der Waals surface area contributed by atoms with Gasteiger partial charge in [-0.15, -0.1) is 0 Å². The van der Waals surface area contributed by atoms with Crippen LogP contribution in [-0.2, 0) is 0 Å². The molecular formula is C28H55N3. The zero-order valence-corrected chi connectivity index (χ0v) is 21.3. The Bertz CT molecular complexity index is 432. The van der Waals surface area contributed by atoms with Crippen LogP contribution < -0.4 is 10.6 Å². The highest BCUT2D eigenvalue weighted by atomic mass is 15.2. The first kappa shape index (κ1) is 28.4. The molecule has 0 aromatic heterocycles. The van der Waals surface area contributed by atoms with Crippen LogP contribution in [0.2, 0.25) is 0 Å². The second-order valence-corrected chi connectivity index (χ2v) is 9.61. The van der Waals surface area contributed by atoms with E-state index in [0.29, 0.717) is 12.1 Å². The van der Waals surface area contributed by atoms with E-state index < -0.39 is 0 Å². The van der Waals surface area contributed by atoms with Crippen LogP contribution in [0.1, 0.15) is 110 Å². The van der Waals surface area contributed by atoms with Gasteiger partial charge in [0.15, 0.2) is 0 Å². The normalized spacial score (nSPS) is 19.0. The van der Waals surface area contributed by atoms with Crippen molar-refractivity contribution in [2.24, 2.45) is 0 Å². The average Bonchev–Trinajstić information content (AvgIpc) is 2.78. The maximum absolute atomic E-state index is 3.88. The predicted molar refractivity (Wildman–Crippen MR) is 140 cm³/mol. The minimum Gasteiger partial charge on any atom is -0.314 e. The highest BCUT2D eigenvalue weighted by Gasteiger charge is 2.19. The summed E-state index contributed by atoms with van der Waals surface area (Å²) in [5, 5.41) is 7.41. The fourth-order valence-corrected chi connectivity index (χ4v) is 4.47. The van der Waals surface area contributed by atoms with Gasteiger partial charge in [-0.25, -0.2) is 0 Å². The van der Waals surface area contributed by atoms with Crippen molar-refractivity contribution in [3.63, 3.8) is 0 Å². The molecule has 0 spiro atoms. The van der Waals surface area contributed by atoms with Crippen molar-refractivity contribution >= 4 is 0 Å². The third-order valence-electron chi connectivity index (χ3n) is 6.68. The Balaban J connectivity index is 1.94. The third kappa shape index (κ3) is 16.6. The molecule has 31 heavy (non-hydrogen) atoms. The van der Waals surface area contributed by atoms with Gasteiger partial charge < -0.3 is 10.6 Å². The smallest absolute Gasteiger partial charge is 0.0342 e. The molecule has 0 radical (unpaired) electrons. The van der Waals surface area contributed by atoms with Crippen molar-refractivity contribution in [3.8, 4) is 0 Å². The number of likely N-dealkylation sites (N-methyl/N-ethyl adjacent to an activating group) is 1. The lowest BCUT2D eigenvalue weighted by atomic mass is 10.0. The van der Waals surface area contributed by atoms with Crippen molar-refractivity contribution in [2.45, 2.75) is 122 Å². The number of hydrogen-bond donors (Lipinski definition) is 2. The summed E-state index contributed by atoms with van der Waals surface area (Å²) in [6.45, 7) is 9.17. The van der Waals surface area contributed by atoms with Gasteiger partial charge in [0, 0.05) is 38.3 Å². The molecule has 1 aliphatic rings. The van der Waals surface area contributed by atoms with Crippen LogP contribution in [0.15, 0.2) is 24.3 Å². The van der Waals surface area contributed by atoms with E-state index in [4.69, 9.17) is 0 Å². The highest BCUT2D eigenvalue weighted by molar-refractivity contribution is 4.92. The average molecular weight is 434 g/mol. The number of unbranched alkanes of at least 4 members (excludes halogenated alkanes) is 9. The van der Waals surface area contributed by atoms with Crippen molar-refractivity contribution < 1.29 is 0 Å². The molecule has 2 N–H and O–H groups in total. The van der Waals surface area contributed by atoms with Gasteiger partial charge in [-0.2, -0.15) is 0 Å². The van der Waals surface area contributed by atoms with Crippen molar-refractivity contribution in [2.75, 3.05) is 33.2 Å². The van der Waals surface area contributed by atoms with Crippen LogP contribution in [0.5, 0.6) is 0 Å². The molecule has 3 nitrogen and oxygen atoms in total. The second-order valence-electron chi connectivity index (χ2n) is 9.61. The summed E-state index contributed by atoms with van der Waals surface area (Å²) in [5.41, 5.74) is 0. The Morgan fingerprint density at radius 1 is 0.839 bits per heavy atom. The highest BCUT2D eigenvalue weighted by Crippen LogP contribution is 2.13. The van der Waals surface area contributed by atoms with E-state index in [1.165, 1.54) is 96.4 Å². The van der Waals surface area contributed by atoms with E-state index in [1.807, 2.05) is 0 Å². The van der Waals surface area contributed by atoms with Crippen molar-refractivity contribution in [3.05, 3.63) is 24.3 Å². The summed E-state index contributed by atoms with van der Waals surface area (Å²) >= 11 is 0. The molecule has 0 aliphatic carbocycles. The fraction of sp³-hybridized carbons (Fsp3) is 0.857. The predicted octanol–water partition coefficient (Wildman–Crippen LogP) is 6.85. The number of nitrogens with one attached hydrogen (secondary N) is 2. The molecule has 0 aromatic carbocycles. The molecule has 1 heterocycles. The van der Waals surface area contributed by atoms with Crippen molar-refractivity contribution in [1.29, 1.82) is 0 Å². The first-order valence-electron chi connectivity index (χ1n) is 13.7. The molecule has 1 saturated heterocycles. The van der Waals surface area contributed by atoms with E-state index in [0.717, 1.165) is 26.1 Å². The molecule has 2 unspecified atom stereocenters. The number of allylic oxidation sites excluding steroid dienone is 4. The number of piperazine rings is 1. The van der Waals surface area contributed by atoms with Crippen LogP contribution in [-0.4, -0.2) is 50.2 Å². The van der Waals surface area contributed by atoms with Gasteiger partial charge in [0.05, 0.1) is 0 Å². The first-order valence-corrected chi connectivity index (χ1v) is 13.7. The monoisotopic (exact) mass is 433 g/mol. The zero-order valence-electron chi connectivity index (χ0n) is 21.3. The Morgan fingerprint density at radius 3 is 2.19 bits per heavy atom. The van der Waals surface area contributed by atoms with Crippen molar-refractivity contribution in [1.82, 2.24) is 15.5 Å². The van der Waals surface area contributed by atoms with Gasteiger partial charge in [0.25, 0.3) is 0 Å². The SMILES string of the molecule is CCCCC/C=C\C/C=C\CCCCCCCCC(CCC)NCC1CNCCN1C. The van der Waals surface area contributed by atoms with Crippen LogP contribution in [0, 0.1) is 0 Å². The first-order chi connectivity index (χ1) is 15.3. The zero-order chi connectivity index (χ0) is 22.4. The lowest BCUT2D eigenvalue weighted by Gasteiger charge is -2.34. The largest absolute Gasteiger partial charge is 0.314 e. The quantitative estimate of drug-likeness (QED) is 0.162. The minimum absolute atomic E-state index is 0.656. The van der Waals surface area contributed by atoms with Gasteiger partial charge in [0.1, 0.15) is 0 Å². The summed E-state index contributed by atoms with van der Waals surface area (Å²) in [6.07, 6.45) is 29.4. The molecule has 2 atom stereocenters. The molecule has 3 heteroatoms. The Kier molecular flexibility index (Phi) is 19.4. The molecule has 0 amide bonds. The maximum Gasteiger partial charge on any atom is 0.0342 e. The minimum atomic E-state index is 0.656. The fourth-order valence-electron chi connectivity index (χ4n) is 4.47. The second kappa shape index (κ2) is 21.2. The topological polar surface area (TPSA) is 27.3 Å². The summed E-state index contributed by atoms with van der Waals surface area (Å²) in [4.78, 5) is 2.51. The summed E-state index contributed by atoms with van der Waals surface area (Å²) in [6, 6.07) is 1.37. The third-order valence-corrected chi connectivity index (χ3v) is 6.68.